The molecule has 0 spiro atoms. The zero-order valence-electron chi connectivity index (χ0n) is 13.9. The van der Waals surface area contributed by atoms with Crippen LogP contribution in [0.5, 0.6) is 0 Å². The van der Waals surface area contributed by atoms with E-state index in [1.165, 1.54) is 32.1 Å². The molecule has 2 rings (SSSR count). The molecule has 0 saturated heterocycles. The van der Waals surface area contributed by atoms with Crippen molar-refractivity contribution in [3.05, 3.63) is 0 Å². The van der Waals surface area contributed by atoms with Gasteiger partial charge in [-0.3, -0.25) is 4.79 Å². The largest absolute Gasteiger partial charge is 0.354 e. The maximum Gasteiger partial charge on any atom is 0.243 e. The normalized spacial score (nSPS) is 29.9. The lowest BCUT2D eigenvalue weighted by molar-refractivity contribution is -0.127. The zero-order chi connectivity index (χ0) is 15.4. The van der Waals surface area contributed by atoms with Crippen molar-refractivity contribution in [1.82, 2.24) is 15.5 Å². The molecule has 2 aliphatic carbocycles. The summed E-state index contributed by atoms with van der Waals surface area (Å²) >= 11 is 0. The average molecular weight is 294 g/mol. The Morgan fingerprint density at radius 3 is 2.24 bits per heavy atom. The van der Waals surface area contributed by atoms with E-state index < -0.39 is 0 Å². The highest BCUT2D eigenvalue weighted by Gasteiger charge is 2.27. The molecular formula is C16H30N4O. The molecule has 120 valence electrons. The quantitative estimate of drug-likeness (QED) is 0.611. The maximum atomic E-state index is 11.7. The molecule has 21 heavy (non-hydrogen) atoms. The third kappa shape index (κ3) is 5.21. The van der Waals surface area contributed by atoms with E-state index in [0.717, 1.165) is 17.8 Å². The molecule has 2 saturated carbocycles. The fourth-order valence-electron chi connectivity index (χ4n) is 2.71. The summed E-state index contributed by atoms with van der Waals surface area (Å²) in [6.45, 7) is 4.89. The van der Waals surface area contributed by atoms with Gasteiger partial charge < -0.3 is 15.5 Å². The van der Waals surface area contributed by atoms with Crippen molar-refractivity contribution in [2.45, 2.75) is 58.0 Å². The van der Waals surface area contributed by atoms with E-state index in [4.69, 9.17) is 0 Å². The minimum atomic E-state index is 0.0394. The molecule has 0 bridgehead atoms. The van der Waals surface area contributed by atoms with Crippen molar-refractivity contribution in [3.8, 4) is 0 Å². The number of aliphatic imine (C=N–C) groups is 1. The molecule has 5 nitrogen and oxygen atoms in total. The van der Waals surface area contributed by atoms with Gasteiger partial charge in [0, 0.05) is 26.2 Å². The minimum absolute atomic E-state index is 0.0394. The third-order valence-corrected chi connectivity index (χ3v) is 4.73. The third-order valence-electron chi connectivity index (χ3n) is 4.73. The van der Waals surface area contributed by atoms with Crippen LogP contribution in [-0.4, -0.2) is 49.5 Å². The van der Waals surface area contributed by atoms with Crippen LogP contribution < -0.4 is 10.6 Å². The Morgan fingerprint density at radius 2 is 1.67 bits per heavy atom. The van der Waals surface area contributed by atoms with Crippen LogP contribution >= 0.6 is 0 Å². The van der Waals surface area contributed by atoms with Crippen molar-refractivity contribution in [3.63, 3.8) is 0 Å². The van der Waals surface area contributed by atoms with Crippen LogP contribution in [0, 0.1) is 11.8 Å². The summed E-state index contributed by atoms with van der Waals surface area (Å²) in [6, 6.07) is 1.03. The molecule has 3 atom stereocenters. The Balaban J connectivity index is 1.89. The van der Waals surface area contributed by atoms with Crippen molar-refractivity contribution in [1.29, 1.82) is 0 Å². The number of likely N-dealkylation sites (N-methyl/N-ethyl adjacent to an activating group) is 1. The number of carbonyl (C=O) groups is 1. The van der Waals surface area contributed by atoms with Gasteiger partial charge in [0.25, 0.3) is 0 Å². The summed E-state index contributed by atoms with van der Waals surface area (Å²) in [6.07, 6.45) is 6.07. The van der Waals surface area contributed by atoms with Crippen LogP contribution in [-0.2, 0) is 4.79 Å². The fourth-order valence-corrected chi connectivity index (χ4v) is 2.71. The monoisotopic (exact) mass is 294 g/mol. The lowest BCUT2D eigenvalue weighted by Crippen LogP contribution is -2.47. The average Bonchev–Trinajstić information content (AvgIpc) is 3.23. The van der Waals surface area contributed by atoms with E-state index in [1.807, 2.05) is 0 Å². The van der Waals surface area contributed by atoms with Gasteiger partial charge in [-0.15, -0.1) is 0 Å². The second-order valence-electron chi connectivity index (χ2n) is 6.98. The smallest absolute Gasteiger partial charge is 0.243 e. The summed E-state index contributed by atoms with van der Waals surface area (Å²) in [5, 5.41) is 6.97. The van der Waals surface area contributed by atoms with Gasteiger partial charge in [0.15, 0.2) is 5.96 Å². The molecule has 5 heteroatoms. The molecular weight excluding hydrogens is 264 g/mol. The number of hydrogen-bond acceptors (Lipinski definition) is 2. The van der Waals surface area contributed by atoms with Crippen LogP contribution in [0.15, 0.2) is 4.99 Å². The first-order valence-corrected chi connectivity index (χ1v) is 8.23. The highest BCUT2D eigenvalue weighted by atomic mass is 16.2. The predicted molar refractivity (Wildman–Crippen MR) is 86.3 cm³/mol. The number of nitrogens with zero attached hydrogens (tertiary/aromatic N) is 2. The van der Waals surface area contributed by atoms with E-state index in [-0.39, 0.29) is 12.5 Å². The number of rotatable bonds is 4. The van der Waals surface area contributed by atoms with E-state index in [1.54, 1.807) is 19.0 Å². The standard InChI is InChI=1S/C16H30N4O/c1-11-5-6-14(9-12(11)2)19-16(18-13-7-8-13)17-10-15(21)20(3)4/h11-14H,5-10H2,1-4H3,(H2,17,18,19). The molecule has 2 N–H and O–H groups in total. The zero-order valence-corrected chi connectivity index (χ0v) is 13.9. The number of amides is 1. The predicted octanol–water partition coefficient (Wildman–Crippen LogP) is 1.60. The van der Waals surface area contributed by atoms with Gasteiger partial charge in [0.1, 0.15) is 6.54 Å². The van der Waals surface area contributed by atoms with Crippen LogP contribution in [0.4, 0.5) is 0 Å². The molecule has 0 radical (unpaired) electrons. The second kappa shape index (κ2) is 7.14. The topological polar surface area (TPSA) is 56.7 Å². The summed E-state index contributed by atoms with van der Waals surface area (Å²) < 4.78 is 0. The highest BCUT2D eigenvalue weighted by molar-refractivity contribution is 5.85. The Kier molecular flexibility index (Phi) is 5.48. The van der Waals surface area contributed by atoms with Crippen LogP contribution in [0.2, 0.25) is 0 Å². The summed E-state index contributed by atoms with van der Waals surface area (Å²) in [5.41, 5.74) is 0. The van der Waals surface area contributed by atoms with Crippen molar-refractivity contribution < 1.29 is 4.79 Å². The van der Waals surface area contributed by atoms with Crippen LogP contribution in [0.25, 0.3) is 0 Å². The Bertz CT molecular complexity index is 390. The van der Waals surface area contributed by atoms with Crippen LogP contribution in [0.3, 0.4) is 0 Å². The minimum Gasteiger partial charge on any atom is -0.354 e. The summed E-state index contributed by atoms with van der Waals surface area (Å²) in [5.74, 6) is 2.42. The lowest BCUT2D eigenvalue weighted by Gasteiger charge is -2.33. The molecule has 2 fully saturated rings. The fraction of sp³-hybridized carbons (Fsp3) is 0.875. The molecule has 2 aliphatic rings. The number of hydrogen-bond donors (Lipinski definition) is 2. The first-order chi connectivity index (χ1) is 9.95. The van der Waals surface area contributed by atoms with Gasteiger partial charge in [-0.05, 0) is 43.9 Å². The SMILES string of the molecule is CC1CCC(NC(=NCC(=O)N(C)C)NC2CC2)CC1C. The van der Waals surface area contributed by atoms with Gasteiger partial charge in [0.2, 0.25) is 5.91 Å². The second-order valence-corrected chi connectivity index (χ2v) is 6.98. The van der Waals surface area contributed by atoms with E-state index in [2.05, 4.69) is 29.5 Å². The van der Waals surface area contributed by atoms with Crippen molar-refractivity contribution in [2.75, 3.05) is 20.6 Å². The van der Waals surface area contributed by atoms with Gasteiger partial charge in [0.05, 0.1) is 0 Å². The number of carbonyl (C=O) groups excluding carboxylic acids is 1. The number of guanidine groups is 1. The maximum absolute atomic E-state index is 11.7. The van der Waals surface area contributed by atoms with Crippen molar-refractivity contribution >= 4 is 11.9 Å². The van der Waals surface area contributed by atoms with E-state index >= 15 is 0 Å². The van der Waals surface area contributed by atoms with Crippen molar-refractivity contribution in [2.24, 2.45) is 16.8 Å². The number of nitrogens with one attached hydrogen (secondary N) is 2. The lowest BCUT2D eigenvalue weighted by atomic mass is 9.79. The summed E-state index contributed by atoms with van der Waals surface area (Å²) in [4.78, 5) is 17.8. The van der Waals surface area contributed by atoms with Gasteiger partial charge in [-0.1, -0.05) is 13.8 Å². The van der Waals surface area contributed by atoms with E-state index in [9.17, 15) is 4.79 Å². The molecule has 0 heterocycles. The van der Waals surface area contributed by atoms with Gasteiger partial charge >= 0.3 is 0 Å². The molecule has 3 unspecified atom stereocenters. The molecule has 0 aromatic heterocycles. The van der Waals surface area contributed by atoms with Crippen LogP contribution in [0.1, 0.15) is 46.0 Å². The Morgan fingerprint density at radius 1 is 1.05 bits per heavy atom. The Hall–Kier alpha value is -1.26. The first-order valence-electron chi connectivity index (χ1n) is 8.23. The van der Waals surface area contributed by atoms with Gasteiger partial charge in [-0.2, -0.15) is 0 Å². The van der Waals surface area contributed by atoms with Gasteiger partial charge in [-0.25, -0.2) is 4.99 Å². The Labute approximate surface area is 128 Å². The van der Waals surface area contributed by atoms with E-state index in [0.29, 0.717) is 12.1 Å². The first kappa shape index (κ1) is 16.1. The summed E-state index contributed by atoms with van der Waals surface area (Å²) in [7, 11) is 3.53. The molecule has 0 aromatic carbocycles. The highest BCUT2D eigenvalue weighted by Crippen LogP contribution is 2.29. The molecule has 0 aromatic rings. The molecule has 1 amide bonds. The molecule has 0 aliphatic heterocycles.